The van der Waals surface area contributed by atoms with Crippen LogP contribution < -0.4 is 5.73 Å². The standard InChI is InChI=1S/C12H15N5O2/c1-3-10-15-9(13)5-11(16-10)17-7-8(6-14-17)12(18)19-4-2/h5-7H,3-4H2,1-2H3,(H2,13,15,16). The number of hydrogen-bond donors (Lipinski definition) is 1. The second-order valence-electron chi connectivity index (χ2n) is 3.81. The molecule has 0 amide bonds. The van der Waals surface area contributed by atoms with Crippen molar-refractivity contribution in [2.45, 2.75) is 20.3 Å². The molecule has 0 saturated heterocycles. The molecular weight excluding hydrogens is 246 g/mol. The number of rotatable bonds is 4. The number of nitrogens with zero attached hydrogens (tertiary/aromatic N) is 4. The highest BCUT2D eigenvalue weighted by atomic mass is 16.5. The van der Waals surface area contributed by atoms with Crippen LogP contribution in [0.3, 0.4) is 0 Å². The Morgan fingerprint density at radius 3 is 2.89 bits per heavy atom. The first-order chi connectivity index (χ1) is 9.13. The molecule has 19 heavy (non-hydrogen) atoms. The second kappa shape index (κ2) is 5.47. The Morgan fingerprint density at radius 1 is 1.42 bits per heavy atom. The van der Waals surface area contributed by atoms with E-state index in [9.17, 15) is 4.79 Å². The predicted octanol–water partition coefficient (Wildman–Crippen LogP) is 0.984. The van der Waals surface area contributed by atoms with E-state index in [2.05, 4.69) is 15.1 Å². The first-order valence-corrected chi connectivity index (χ1v) is 5.99. The lowest BCUT2D eigenvalue weighted by molar-refractivity contribution is 0.0526. The van der Waals surface area contributed by atoms with Crippen molar-refractivity contribution in [2.75, 3.05) is 12.3 Å². The lowest BCUT2D eigenvalue weighted by Gasteiger charge is -2.03. The summed E-state index contributed by atoms with van der Waals surface area (Å²) in [6, 6.07) is 1.60. The normalized spacial score (nSPS) is 10.4. The summed E-state index contributed by atoms with van der Waals surface area (Å²) >= 11 is 0. The van der Waals surface area contributed by atoms with Gasteiger partial charge >= 0.3 is 5.97 Å². The van der Waals surface area contributed by atoms with Crippen LogP contribution in [0.4, 0.5) is 5.82 Å². The minimum Gasteiger partial charge on any atom is -0.462 e. The van der Waals surface area contributed by atoms with Gasteiger partial charge in [-0.1, -0.05) is 6.92 Å². The van der Waals surface area contributed by atoms with Crippen LogP contribution in [-0.2, 0) is 11.2 Å². The second-order valence-corrected chi connectivity index (χ2v) is 3.81. The number of carbonyl (C=O) groups is 1. The Balaban J connectivity index is 2.32. The number of carbonyl (C=O) groups excluding carboxylic acids is 1. The van der Waals surface area contributed by atoms with Crippen molar-refractivity contribution in [3.8, 4) is 5.82 Å². The van der Waals surface area contributed by atoms with Crippen LogP contribution in [0.1, 0.15) is 30.0 Å². The largest absolute Gasteiger partial charge is 0.462 e. The Bertz CT molecular complexity index is 594. The lowest BCUT2D eigenvalue weighted by atomic mass is 10.4. The third-order valence-corrected chi connectivity index (χ3v) is 2.42. The molecule has 2 rings (SSSR count). The maximum atomic E-state index is 11.5. The van der Waals surface area contributed by atoms with Crippen molar-refractivity contribution in [2.24, 2.45) is 0 Å². The van der Waals surface area contributed by atoms with Gasteiger partial charge in [-0.05, 0) is 6.92 Å². The molecular formula is C12H15N5O2. The molecule has 0 aliphatic heterocycles. The average Bonchev–Trinajstić information content (AvgIpc) is 2.88. The first-order valence-electron chi connectivity index (χ1n) is 5.99. The van der Waals surface area contributed by atoms with Crippen LogP contribution in [0.15, 0.2) is 18.5 Å². The van der Waals surface area contributed by atoms with E-state index < -0.39 is 5.97 Å². The summed E-state index contributed by atoms with van der Waals surface area (Å²) in [5, 5.41) is 4.08. The molecule has 7 nitrogen and oxygen atoms in total. The van der Waals surface area contributed by atoms with E-state index in [-0.39, 0.29) is 0 Å². The van der Waals surface area contributed by atoms with E-state index in [0.717, 1.165) is 0 Å². The van der Waals surface area contributed by atoms with Gasteiger partial charge in [-0.25, -0.2) is 19.4 Å². The lowest BCUT2D eigenvalue weighted by Crippen LogP contribution is -2.06. The molecule has 0 aliphatic carbocycles. The van der Waals surface area contributed by atoms with E-state index >= 15 is 0 Å². The Morgan fingerprint density at radius 2 is 2.21 bits per heavy atom. The quantitative estimate of drug-likeness (QED) is 0.824. The number of nitrogens with two attached hydrogens (primary N) is 1. The third kappa shape index (κ3) is 2.87. The third-order valence-electron chi connectivity index (χ3n) is 2.42. The van der Waals surface area contributed by atoms with Crippen LogP contribution in [-0.4, -0.2) is 32.3 Å². The van der Waals surface area contributed by atoms with Crippen molar-refractivity contribution >= 4 is 11.8 Å². The van der Waals surface area contributed by atoms with Crippen LogP contribution >= 0.6 is 0 Å². The predicted molar refractivity (Wildman–Crippen MR) is 68.9 cm³/mol. The molecule has 0 fully saturated rings. The number of ether oxygens (including phenoxy) is 1. The molecule has 0 radical (unpaired) electrons. The summed E-state index contributed by atoms with van der Waals surface area (Å²) in [7, 11) is 0. The highest BCUT2D eigenvalue weighted by Crippen LogP contribution is 2.10. The van der Waals surface area contributed by atoms with Gasteiger partial charge in [0, 0.05) is 18.7 Å². The zero-order valence-electron chi connectivity index (χ0n) is 10.8. The number of aryl methyl sites for hydroxylation is 1. The van der Waals surface area contributed by atoms with Gasteiger partial charge in [-0.15, -0.1) is 0 Å². The Kier molecular flexibility index (Phi) is 3.74. The zero-order valence-corrected chi connectivity index (χ0v) is 10.8. The zero-order chi connectivity index (χ0) is 13.8. The van der Waals surface area contributed by atoms with Crippen LogP contribution in [0, 0.1) is 0 Å². The SMILES string of the molecule is CCOC(=O)c1cnn(-c2cc(N)nc(CC)n2)c1. The molecule has 2 heterocycles. The van der Waals surface area contributed by atoms with Crippen molar-refractivity contribution in [3.63, 3.8) is 0 Å². The van der Waals surface area contributed by atoms with Gasteiger partial charge in [0.1, 0.15) is 11.6 Å². The molecule has 0 unspecified atom stereocenters. The number of esters is 1. The summed E-state index contributed by atoms with van der Waals surface area (Å²) in [5.74, 6) is 1.12. The fourth-order valence-electron chi connectivity index (χ4n) is 1.55. The fraction of sp³-hybridized carbons (Fsp3) is 0.333. The maximum absolute atomic E-state index is 11.5. The molecule has 0 spiro atoms. The topological polar surface area (TPSA) is 95.9 Å². The summed E-state index contributed by atoms with van der Waals surface area (Å²) in [6.07, 6.45) is 3.66. The van der Waals surface area contributed by atoms with Crippen molar-refractivity contribution in [3.05, 3.63) is 29.8 Å². The molecule has 100 valence electrons. The summed E-state index contributed by atoms with van der Waals surface area (Å²) < 4.78 is 6.37. The van der Waals surface area contributed by atoms with Gasteiger partial charge in [0.2, 0.25) is 0 Å². The smallest absolute Gasteiger partial charge is 0.341 e. The van der Waals surface area contributed by atoms with E-state index in [0.29, 0.717) is 36.1 Å². The van der Waals surface area contributed by atoms with Crippen LogP contribution in [0.5, 0.6) is 0 Å². The molecule has 2 aromatic rings. The fourth-order valence-corrected chi connectivity index (χ4v) is 1.55. The molecule has 2 aromatic heterocycles. The number of hydrogen-bond acceptors (Lipinski definition) is 6. The summed E-state index contributed by atoms with van der Waals surface area (Å²) in [5.41, 5.74) is 6.08. The first kappa shape index (κ1) is 13.0. The minimum atomic E-state index is -0.411. The maximum Gasteiger partial charge on any atom is 0.341 e. The molecule has 0 bridgehead atoms. The molecule has 2 N–H and O–H groups in total. The molecule has 0 atom stereocenters. The average molecular weight is 261 g/mol. The molecule has 0 aliphatic rings. The number of aromatic nitrogens is 4. The van der Waals surface area contributed by atoms with Crippen molar-refractivity contribution < 1.29 is 9.53 Å². The van der Waals surface area contributed by atoms with Gasteiger partial charge in [-0.3, -0.25) is 0 Å². The summed E-state index contributed by atoms with van der Waals surface area (Å²) in [6.45, 7) is 4.01. The Labute approximate surface area is 110 Å². The van der Waals surface area contributed by atoms with Gasteiger partial charge in [0.05, 0.1) is 18.4 Å². The molecule has 7 heteroatoms. The van der Waals surface area contributed by atoms with E-state index in [1.807, 2.05) is 6.92 Å². The summed E-state index contributed by atoms with van der Waals surface area (Å²) in [4.78, 5) is 19.9. The van der Waals surface area contributed by atoms with Crippen LogP contribution in [0.2, 0.25) is 0 Å². The number of anilines is 1. The van der Waals surface area contributed by atoms with Gasteiger partial charge < -0.3 is 10.5 Å². The van der Waals surface area contributed by atoms with Crippen LogP contribution in [0.25, 0.3) is 5.82 Å². The Hall–Kier alpha value is -2.44. The minimum absolute atomic E-state index is 0.324. The van der Waals surface area contributed by atoms with E-state index in [4.69, 9.17) is 10.5 Å². The van der Waals surface area contributed by atoms with Gasteiger partial charge in [-0.2, -0.15) is 5.10 Å². The monoisotopic (exact) mass is 261 g/mol. The highest BCUT2D eigenvalue weighted by Gasteiger charge is 2.11. The van der Waals surface area contributed by atoms with Crippen molar-refractivity contribution in [1.82, 2.24) is 19.7 Å². The number of nitrogen functional groups attached to an aromatic ring is 1. The van der Waals surface area contributed by atoms with E-state index in [1.54, 1.807) is 19.2 Å². The highest BCUT2D eigenvalue weighted by molar-refractivity contribution is 5.88. The molecule has 0 saturated carbocycles. The van der Waals surface area contributed by atoms with Crippen molar-refractivity contribution in [1.29, 1.82) is 0 Å². The van der Waals surface area contributed by atoms with Gasteiger partial charge in [0.15, 0.2) is 5.82 Å². The van der Waals surface area contributed by atoms with E-state index in [1.165, 1.54) is 10.9 Å². The van der Waals surface area contributed by atoms with Gasteiger partial charge in [0.25, 0.3) is 0 Å². The molecule has 0 aromatic carbocycles.